The zero-order valence-corrected chi connectivity index (χ0v) is 48.2. The molecule has 6 aromatic rings. The maximum Gasteiger partial charge on any atom is 0.261 e. The van der Waals surface area contributed by atoms with Crippen LogP contribution in [0.15, 0.2) is 80.2 Å². The standard InChI is InChI=1S/C33H30N4O4S.C33H30N4O3S/c1-3-4-5-6-7-8-9-10-11-12-15-37-32(38)24-17-22(20-35)28-23-16-21(19-34)13-14-27(23)42(40,41)31-26(36-2)18-25(33(37)39)29(24)30(28)31;1-3-4-5-6-7-8-9-10-11-12-15-37-32(38)24-17-22(20-35)28-23-16-21(19-34)13-14-27(23)41(40)31-26(36-2)18-25(33(37)39)29(24)30(28)31/h13-14,16-18H,3-12,15H2,1H3;13-14,16-18H,3-12,15H2,1H3. The molecule has 0 aromatic heterocycles. The SMILES string of the molecule is [C-]#[N+]c1cc2c3c(cc(C#N)c4c3c1S(=O)(=O)c1ccc(C#N)cc1-4)C(=O)N(CCCCCCCCCCCC)C2=O.[C-]#[N+]c1cc2c3c(cc(C#N)c4c3c1S(=O)c1ccc(C#N)cc1-4)C(=O)N(CCCCCCCCCCCC)C2=O. The highest BCUT2D eigenvalue weighted by Gasteiger charge is 2.43. The van der Waals surface area contributed by atoms with Crippen LogP contribution < -0.4 is 0 Å². The number of fused-ring (bicyclic) bond motifs is 4. The Hall–Kier alpha value is -8.84. The summed E-state index contributed by atoms with van der Waals surface area (Å²) in [6.07, 6.45) is 22.3. The van der Waals surface area contributed by atoms with Crippen molar-refractivity contribution in [3.8, 4) is 46.5 Å². The van der Waals surface area contributed by atoms with Gasteiger partial charge < -0.3 is 0 Å². The van der Waals surface area contributed by atoms with E-state index in [1.54, 1.807) is 18.2 Å². The second kappa shape index (κ2) is 25.5. The maximum atomic E-state index is 13.8. The Balaban J connectivity index is 0.000000200. The van der Waals surface area contributed by atoms with Crippen LogP contribution in [0, 0.1) is 58.5 Å². The van der Waals surface area contributed by atoms with Gasteiger partial charge in [0.1, 0.15) is 0 Å². The number of imide groups is 2. The Bertz CT molecular complexity index is 4100. The van der Waals surface area contributed by atoms with E-state index in [1.807, 2.05) is 6.07 Å². The quantitative estimate of drug-likeness (QED) is 0.0352. The third kappa shape index (κ3) is 10.8. The fourth-order valence-corrected chi connectivity index (χ4v) is 15.3. The summed E-state index contributed by atoms with van der Waals surface area (Å²) in [6, 6.07) is 22.7. The maximum absolute atomic E-state index is 13.8. The first-order valence-corrected chi connectivity index (χ1v) is 31.3. The molecule has 0 saturated heterocycles. The number of carbonyl (C=O) groups is 4. The molecule has 4 aliphatic heterocycles. The Labute approximate surface area is 486 Å². The van der Waals surface area contributed by atoms with Crippen molar-refractivity contribution < 1.29 is 31.8 Å². The molecule has 4 aliphatic rings. The largest absolute Gasteiger partial charge is 0.274 e. The van der Waals surface area contributed by atoms with Crippen LogP contribution >= 0.6 is 0 Å². The van der Waals surface area contributed by atoms with Gasteiger partial charge in [-0.15, -0.1) is 0 Å². The second-order valence-electron chi connectivity index (χ2n) is 21.5. The molecule has 0 spiro atoms. The lowest BCUT2D eigenvalue weighted by molar-refractivity contribution is 0.0592. The van der Waals surface area contributed by atoms with Crippen molar-refractivity contribution in [1.29, 1.82) is 21.0 Å². The van der Waals surface area contributed by atoms with Crippen LogP contribution in [-0.2, 0) is 20.6 Å². The number of rotatable bonds is 22. The summed E-state index contributed by atoms with van der Waals surface area (Å²) >= 11 is 0. The molecule has 6 aromatic carbocycles. The van der Waals surface area contributed by atoms with E-state index in [1.165, 1.54) is 124 Å². The van der Waals surface area contributed by atoms with Crippen molar-refractivity contribution in [3.05, 3.63) is 128 Å². The number of nitriles is 4. The third-order valence-corrected chi connectivity index (χ3v) is 19.7. The molecule has 0 bridgehead atoms. The van der Waals surface area contributed by atoms with Gasteiger partial charge in [-0.25, -0.2) is 18.1 Å². The van der Waals surface area contributed by atoms with Crippen LogP contribution in [0.25, 0.3) is 53.5 Å². The van der Waals surface area contributed by atoms with Crippen LogP contribution in [0.5, 0.6) is 0 Å². The summed E-state index contributed by atoms with van der Waals surface area (Å²) in [7, 11) is -6.07. The highest BCUT2D eigenvalue weighted by atomic mass is 32.2. The minimum absolute atomic E-state index is 0.0235. The zero-order valence-electron chi connectivity index (χ0n) is 46.6. The molecule has 418 valence electrons. The molecule has 10 rings (SSSR count). The van der Waals surface area contributed by atoms with Crippen LogP contribution in [0.2, 0.25) is 0 Å². The average Bonchev–Trinajstić information content (AvgIpc) is 1.18. The summed E-state index contributed by atoms with van der Waals surface area (Å²) in [5, 5.41) is 40.0. The molecule has 4 amide bonds. The lowest BCUT2D eigenvalue weighted by atomic mass is 9.85. The van der Waals surface area contributed by atoms with Crippen molar-refractivity contribution in [2.45, 2.75) is 162 Å². The molecule has 83 heavy (non-hydrogen) atoms. The topological polar surface area (TPSA) is 230 Å². The molecular formula is C66H60N8O7S2. The Morgan fingerprint density at radius 3 is 1.31 bits per heavy atom. The van der Waals surface area contributed by atoms with Crippen LogP contribution in [0.4, 0.5) is 11.4 Å². The predicted octanol–water partition coefficient (Wildman–Crippen LogP) is 15.3. The van der Waals surface area contributed by atoms with Crippen molar-refractivity contribution >= 4 is 77.2 Å². The van der Waals surface area contributed by atoms with E-state index in [0.29, 0.717) is 45.2 Å². The summed E-state index contributed by atoms with van der Waals surface area (Å²) in [6.45, 7) is 20.5. The van der Waals surface area contributed by atoms with Crippen molar-refractivity contribution in [2.24, 2.45) is 0 Å². The van der Waals surface area contributed by atoms with Gasteiger partial charge in [0, 0.05) is 73.8 Å². The summed E-state index contributed by atoms with van der Waals surface area (Å²) < 4.78 is 41.5. The molecule has 0 saturated carbocycles. The minimum Gasteiger partial charge on any atom is -0.274 e. The number of nitrogens with zero attached hydrogens (tertiary/aromatic N) is 8. The fraction of sp³-hybridized carbons (Fsp3) is 0.364. The van der Waals surface area contributed by atoms with E-state index in [4.69, 9.17) is 13.1 Å². The van der Waals surface area contributed by atoms with Crippen molar-refractivity contribution in [1.82, 2.24) is 9.80 Å². The van der Waals surface area contributed by atoms with E-state index < -0.39 is 44.3 Å². The van der Waals surface area contributed by atoms with Gasteiger partial charge >= 0.3 is 0 Å². The molecule has 15 nitrogen and oxygen atoms in total. The van der Waals surface area contributed by atoms with Gasteiger partial charge in [-0.05, 0) is 78.9 Å². The van der Waals surface area contributed by atoms with E-state index >= 15 is 0 Å². The number of hydrogen-bond donors (Lipinski definition) is 0. The number of benzene rings is 6. The monoisotopic (exact) mass is 1140 g/mol. The number of amides is 4. The average molecular weight is 1140 g/mol. The van der Waals surface area contributed by atoms with Gasteiger partial charge in [-0.2, -0.15) is 21.0 Å². The van der Waals surface area contributed by atoms with Gasteiger partial charge in [-0.1, -0.05) is 129 Å². The van der Waals surface area contributed by atoms with E-state index in [0.717, 1.165) is 43.4 Å². The summed E-state index contributed by atoms with van der Waals surface area (Å²) in [5.74, 6) is -2.12. The highest BCUT2D eigenvalue weighted by Crippen LogP contribution is 2.54. The molecule has 0 radical (unpaired) electrons. The fourth-order valence-electron chi connectivity index (χ4n) is 12.1. The minimum atomic E-state index is -4.27. The Kier molecular flexibility index (Phi) is 18.1. The number of sulfone groups is 1. The van der Waals surface area contributed by atoms with Crippen molar-refractivity contribution in [2.75, 3.05) is 13.1 Å². The summed E-state index contributed by atoms with van der Waals surface area (Å²) in [4.78, 5) is 64.4. The van der Waals surface area contributed by atoms with Gasteiger partial charge in [0.05, 0.1) is 90.1 Å². The predicted molar refractivity (Wildman–Crippen MR) is 315 cm³/mol. The van der Waals surface area contributed by atoms with E-state index in [2.05, 4.69) is 41.7 Å². The first kappa shape index (κ1) is 58.8. The molecule has 1 atom stereocenters. The Morgan fingerprint density at radius 2 is 0.867 bits per heavy atom. The molecular weight excluding hydrogens is 1080 g/mol. The van der Waals surface area contributed by atoms with Gasteiger partial charge in [0.25, 0.3) is 23.6 Å². The molecule has 17 heteroatoms. The number of hydrogen-bond acceptors (Lipinski definition) is 11. The van der Waals surface area contributed by atoms with Crippen LogP contribution in [-0.4, -0.2) is 59.1 Å². The van der Waals surface area contributed by atoms with Crippen LogP contribution in [0.3, 0.4) is 0 Å². The highest BCUT2D eigenvalue weighted by molar-refractivity contribution is 7.92. The van der Waals surface area contributed by atoms with Crippen molar-refractivity contribution in [3.63, 3.8) is 0 Å². The first-order chi connectivity index (χ1) is 40.3. The summed E-state index contributed by atoms with van der Waals surface area (Å²) in [5.41, 5.74) is 2.32. The smallest absolute Gasteiger partial charge is 0.261 e. The van der Waals surface area contributed by atoms with E-state index in [-0.39, 0.29) is 100.0 Å². The van der Waals surface area contributed by atoms with Gasteiger partial charge in [-0.3, -0.25) is 33.2 Å². The van der Waals surface area contributed by atoms with E-state index in [9.17, 15) is 52.9 Å². The lowest BCUT2D eigenvalue weighted by Gasteiger charge is -2.31. The molecule has 1 unspecified atom stereocenters. The molecule has 4 heterocycles. The molecule has 0 N–H and O–H groups in total. The lowest BCUT2D eigenvalue weighted by Crippen LogP contribution is -2.41. The normalized spacial score (nSPS) is 14.6. The van der Waals surface area contributed by atoms with Crippen LogP contribution in [0.1, 0.15) is 206 Å². The third-order valence-electron chi connectivity index (χ3n) is 16.2. The molecule has 0 aliphatic carbocycles. The Morgan fingerprint density at radius 1 is 0.470 bits per heavy atom. The van der Waals surface area contributed by atoms with Gasteiger partial charge in [0.2, 0.25) is 11.4 Å². The number of carbonyl (C=O) groups excluding carboxylic acids is 4. The first-order valence-electron chi connectivity index (χ1n) is 28.6. The second-order valence-corrected chi connectivity index (χ2v) is 24.7. The molecule has 0 fully saturated rings. The number of unbranched alkanes of at least 4 members (excludes halogenated alkanes) is 18. The zero-order chi connectivity index (χ0) is 59.1. The van der Waals surface area contributed by atoms with Gasteiger partial charge in [0.15, 0.2) is 9.84 Å².